The van der Waals surface area contributed by atoms with Gasteiger partial charge in [0.15, 0.2) is 0 Å². The van der Waals surface area contributed by atoms with Crippen LogP contribution in [0.5, 0.6) is 0 Å². The molecule has 0 saturated carbocycles. The molecule has 1 unspecified atom stereocenters. The van der Waals surface area contributed by atoms with Gasteiger partial charge in [0.05, 0.1) is 12.1 Å². The minimum atomic E-state index is -0.124. The van der Waals surface area contributed by atoms with Gasteiger partial charge in [0.2, 0.25) is 11.8 Å². The summed E-state index contributed by atoms with van der Waals surface area (Å²) in [6.07, 6.45) is 5.33. The van der Waals surface area contributed by atoms with Crippen molar-refractivity contribution >= 4 is 11.8 Å². The van der Waals surface area contributed by atoms with Crippen LogP contribution in [-0.2, 0) is 16.0 Å². The molecule has 0 radical (unpaired) electrons. The van der Waals surface area contributed by atoms with Crippen molar-refractivity contribution < 1.29 is 9.59 Å². The Balaban J connectivity index is 1.47. The second-order valence-electron chi connectivity index (χ2n) is 7.10. The zero-order valence-corrected chi connectivity index (χ0v) is 16.1. The number of hydrogen-bond acceptors (Lipinski definition) is 4. The zero-order chi connectivity index (χ0) is 19.6. The van der Waals surface area contributed by atoms with E-state index in [9.17, 15) is 9.59 Å². The summed E-state index contributed by atoms with van der Waals surface area (Å²) in [5, 5.41) is 9.21. The molecule has 2 aromatic rings. The molecule has 1 aromatic carbocycles. The second-order valence-corrected chi connectivity index (χ2v) is 7.10. The van der Waals surface area contributed by atoms with E-state index in [1.165, 1.54) is 0 Å². The summed E-state index contributed by atoms with van der Waals surface area (Å²) in [4.78, 5) is 28.8. The molecule has 6 nitrogen and oxygen atoms in total. The standard InChI is InChI=1S/C22H28N4O2/c27-21(12-7-15-25-22(28)19-11-6-14-24-19)26-20(17-8-2-1-3-9-17)16-18-10-4-5-13-23-18/h1-5,8-10,13,19-20,24H,6-7,11-12,14-16H2,(H,25,28)(H,26,27)/t19-,20?/m1/s1. The lowest BCUT2D eigenvalue weighted by atomic mass is 10.0. The number of hydrogen-bond donors (Lipinski definition) is 3. The molecule has 1 fully saturated rings. The lowest BCUT2D eigenvalue weighted by molar-refractivity contribution is -0.124. The van der Waals surface area contributed by atoms with Crippen molar-refractivity contribution in [2.75, 3.05) is 13.1 Å². The van der Waals surface area contributed by atoms with E-state index in [1.54, 1.807) is 6.20 Å². The van der Waals surface area contributed by atoms with Crippen molar-refractivity contribution in [1.82, 2.24) is 20.9 Å². The second kappa shape index (κ2) is 10.6. The van der Waals surface area contributed by atoms with Crippen molar-refractivity contribution in [2.24, 2.45) is 0 Å². The van der Waals surface area contributed by atoms with Crippen LogP contribution >= 0.6 is 0 Å². The fourth-order valence-corrected chi connectivity index (χ4v) is 3.42. The van der Waals surface area contributed by atoms with E-state index in [0.717, 1.165) is 30.6 Å². The minimum Gasteiger partial charge on any atom is -0.355 e. The molecule has 0 aliphatic carbocycles. The Kier molecular flexibility index (Phi) is 7.55. The van der Waals surface area contributed by atoms with Gasteiger partial charge in [-0.3, -0.25) is 14.6 Å². The molecule has 2 amide bonds. The van der Waals surface area contributed by atoms with E-state index in [-0.39, 0.29) is 23.9 Å². The highest BCUT2D eigenvalue weighted by atomic mass is 16.2. The summed E-state index contributed by atoms with van der Waals surface area (Å²) < 4.78 is 0. The summed E-state index contributed by atoms with van der Waals surface area (Å²) in [5.74, 6) is 0.0215. The van der Waals surface area contributed by atoms with E-state index in [0.29, 0.717) is 25.8 Å². The first-order chi connectivity index (χ1) is 13.7. The first-order valence-corrected chi connectivity index (χ1v) is 9.97. The van der Waals surface area contributed by atoms with E-state index in [4.69, 9.17) is 0 Å². The SMILES string of the molecule is O=C(CCCNC(=O)[C@H]1CCCN1)NC(Cc1ccccn1)c1ccccc1. The monoisotopic (exact) mass is 380 g/mol. The predicted octanol–water partition coefficient (Wildman–Crippen LogP) is 2.13. The largest absolute Gasteiger partial charge is 0.355 e. The molecule has 6 heteroatoms. The van der Waals surface area contributed by atoms with Crippen molar-refractivity contribution in [3.05, 3.63) is 66.0 Å². The first-order valence-electron chi connectivity index (χ1n) is 9.97. The van der Waals surface area contributed by atoms with Crippen LogP contribution in [0.15, 0.2) is 54.7 Å². The van der Waals surface area contributed by atoms with Gasteiger partial charge in [-0.25, -0.2) is 0 Å². The molecular weight excluding hydrogens is 352 g/mol. The van der Waals surface area contributed by atoms with E-state index in [2.05, 4.69) is 20.9 Å². The van der Waals surface area contributed by atoms with Crippen molar-refractivity contribution in [1.29, 1.82) is 0 Å². The van der Waals surface area contributed by atoms with Crippen LogP contribution in [0.3, 0.4) is 0 Å². The van der Waals surface area contributed by atoms with Gasteiger partial charge in [-0.2, -0.15) is 0 Å². The highest BCUT2D eigenvalue weighted by Crippen LogP contribution is 2.17. The van der Waals surface area contributed by atoms with Crippen LogP contribution < -0.4 is 16.0 Å². The molecule has 0 spiro atoms. The number of rotatable bonds is 9. The van der Waals surface area contributed by atoms with Crippen LogP contribution in [-0.4, -0.2) is 35.9 Å². The van der Waals surface area contributed by atoms with Crippen LogP contribution in [0, 0.1) is 0 Å². The molecule has 2 atom stereocenters. The number of carbonyl (C=O) groups excluding carboxylic acids is 2. The van der Waals surface area contributed by atoms with E-state index in [1.807, 2.05) is 48.5 Å². The number of aromatic nitrogens is 1. The summed E-state index contributed by atoms with van der Waals surface area (Å²) in [5.41, 5.74) is 2.00. The minimum absolute atomic E-state index is 0.0157. The van der Waals surface area contributed by atoms with Crippen LogP contribution in [0.2, 0.25) is 0 Å². The van der Waals surface area contributed by atoms with E-state index >= 15 is 0 Å². The molecule has 3 rings (SSSR count). The fourth-order valence-electron chi connectivity index (χ4n) is 3.42. The van der Waals surface area contributed by atoms with Gasteiger partial charge in [-0.15, -0.1) is 0 Å². The highest BCUT2D eigenvalue weighted by molar-refractivity contribution is 5.82. The highest BCUT2D eigenvalue weighted by Gasteiger charge is 2.21. The number of benzene rings is 1. The average Bonchev–Trinajstić information content (AvgIpc) is 3.27. The zero-order valence-electron chi connectivity index (χ0n) is 16.1. The first kappa shape index (κ1) is 20.0. The lowest BCUT2D eigenvalue weighted by Gasteiger charge is -2.19. The third-order valence-electron chi connectivity index (χ3n) is 4.93. The molecule has 1 saturated heterocycles. The topological polar surface area (TPSA) is 83.1 Å². The Morgan fingerprint density at radius 1 is 1.14 bits per heavy atom. The molecule has 0 bridgehead atoms. The van der Waals surface area contributed by atoms with Gasteiger partial charge in [-0.05, 0) is 43.5 Å². The Morgan fingerprint density at radius 3 is 2.68 bits per heavy atom. The maximum absolute atomic E-state index is 12.5. The quantitative estimate of drug-likeness (QED) is 0.582. The molecule has 148 valence electrons. The number of nitrogens with one attached hydrogen (secondary N) is 3. The van der Waals surface area contributed by atoms with Crippen LogP contribution in [0.1, 0.15) is 43.0 Å². The van der Waals surface area contributed by atoms with E-state index < -0.39 is 0 Å². The maximum atomic E-state index is 12.5. The van der Waals surface area contributed by atoms with Gasteiger partial charge >= 0.3 is 0 Å². The predicted molar refractivity (Wildman–Crippen MR) is 109 cm³/mol. The summed E-state index contributed by atoms with van der Waals surface area (Å²) in [6.45, 7) is 1.41. The summed E-state index contributed by atoms with van der Waals surface area (Å²) in [6, 6.07) is 15.5. The van der Waals surface area contributed by atoms with Gasteiger partial charge in [0.1, 0.15) is 0 Å². The molecule has 2 heterocycles. The normalized spacial score (nSPS) is 17.1. The third kappa shape index (κ3) is 6.16. The van der Waals surface area contributed by atoms with Crippen LogP contribution in [0.25, 0.3) is 0 Å². The number of carbonyl (C=O) groups is 2. The van der Waals surface area contributed by atoms with Crippen molar-refractivity contribution in [3.8, 4) is 0 Å². The van der Waals surface area contributed by atoms with Gasteiger partial charge in [0, 0.05) is 31.3 Å². The Bertz CT molecular complexity index is 746. The Morgan fingerprint density at radius 2 is 1.96 bits per heavy atom. The Hall–Kier alpha value is -2.73. The molecule has 1 aromatic heterocycles. The smallest absolute Gasteiger partial charge is 0.237 e. The maximum Gasteiger partial charge on any atom is 0.237 e. The van der Waals surface area contributed by atoms with Crippen LogP contribution in [0.4, 0.5) is 0 Å². The molecule has 3 N–H and O–H groups in total. The van der Waals surface area contributed by atoms with Crippen molar-refractivity contribution in [2.45, 2.75) is 44.2 Å². The van der Waals surface area contributed by atoms with Crippen molar-refractivity contribution in [3.63, 3.8) is 0 Å². The Labute approximate surface area is 166 Å². The summed E-state index contributed by atoms with van der Waals surface area (Å²) >= 11 is 0. The lowest BCUT2D eigenvalue weighted by Crippen LogP contribution is -2.41. The summed E-state index contributed by atoms with van der Waals surface area (Å²) in [7, 11) is 0. The number of nitrogens with zero attached hydrogens (tertiary/aromatic N) is 1. The van der Waals surface area contributed by atoms with Gasteiger partial charge in [-0.1, -0.05) is 36.4 Å². The average molecular weight is 380 g/mol. The fraction of sp³-hybridized carbons (Fsp3) is 0.409. The number of amides is 2. The molecule has 28 heavy (non-hydrogen) atoms. The van der Waals surface area contributed by atoms with Gasteiger partial charge in [0.25, 0.3) is 0 Å². The molecule has 1 aliphatic heterocycles. The van der Waals surface area contributed by atoms with Gasteiger partial charge < -0.3 is 16.0 Å². The molecule has 1 aliphatic rings. The third-order valence-corrected chi connectivity index (χ3v) is 4.93. The molecular formula is C22H28N4O2. The number of pyridine rings is 1.